The normalized spacial score (nSPS) is 10.9. The molecule has 0 aromatic heterocycles. The second-order valence-corrected chi connectivity index (χ2v) is 5.83. The van der Waals surface area contributed by atoms with Gasteiger partial charge in [-0.05, 0) is 12.1 Å². The zero-order valence-electron chi connectivity index (χ0n) is 9.51. The van der Waals surface area contributed by atoms with Gasteiger partial charge in [-0.25, -0.2) is 12.8 Å². The highest BCUT2D eigenvalue weighted by Crippen LogP contribution is 2.22. The van der Waals surface area contributed by atoms with Gasteiger partial charge in [0.15, 0.2) is 0 Å². The van der Waals surface area contributed by atoms with Crippen molar-refractivity contribution in [3.05, 3.63) is 30.1 Å². The van der Waals surface area contributed by atoms with Crippen molar-refractivity contribution in [2.75, 3.05) is 22.5 Å². The Morgan fingerprint density at radius 2 is 2.06 bits per heavy atom. The Balaban J connectivity index is 3.15. The van der Waals surface area contributed by atoms with Crippen LogP contribution in [0.2, 0.25) is 0 Å². The highest BCUT2D eigenvalue weighted by atomic mass is 35.5. The molecule has 0 aliphatic heterocycles. The molecule has 0 saturated heterocycles. The number of para-hydroxylation sites is 1. The summed E-state index contributed by atoms with van der Waals surface area (Å²) < 4.78 is 38.4. The summed E-state index contributed by atoms with van der Waals surface area (Å²) >= 11 is 5.43. The van der Waals surface area contributed by atoms with Crippen LogP contribution < -0.4 is 4.31 Å². The van der Waals surface area contributed by atoms with Crippen LogP contribution in [-0.4, -0.2) is 26.6 Å². The van der Waals surface area contributed by atoms with Crippen LogP contribution in [0.1, 0.15) is 6.42 Å². The molecule has 0 aliphatic rings. The lowest BCUT2D eigenvalue weighted by molar-refractivity contribution is 0.586. The number of hydrogen-bond donors (Lipinski definition) is 0. The second-order valence-electron chi connectivity index (χ2n) is 3.44. The lowest BCUT2D eigenvalue weighted by atomic mass is 10.3. The molecule has 1 aromatic rings. The van der Waals surface area contributed by atoms with Crippen LogP contribution in [0.25, 0.3) is 0 Å². The van der Waals surface area contributed by atoms with E-state index in [1.54, 1.807) is 0 Å². The number of halogens is 2. The summed E-state index contributed by atoms with van der Waals surface area (Å²) in [4.78, 5) is 0. The summed E-state index contributed by atoms with van der Waals surface area (Å²) in [7, 11) is -3.71. The molecule has 0 aliphatic carbocycles. The van der Waals surface area contributed by atoms with Crippen LogP contribution in [0.15, 0.2) is 24.3 Å². The molecule has 0 fully saturated rings. The lowest BCUT2D eigenvalue weighted by Gasteiger charge is -2.23. The van der Waals surface area contributed by atoms with Gasteiger partial charge in [-0.15, -0.1) is 11.6 Å². The summed E-state index contributed by atoms with van der Waals surface area (Å²) in [5.41, 5.74) is -0.0575. The Hall–Kier alpha value is -1.32. The minimum absolute atomic E-state index is 0.0180. The zero-order chi connectivity index (χ0) is 13.6. The molecule has 1 rings (SSSR count). The number of benzene rings is 1. The van der Waals surface area contributed by atoms with Gasteiger partial charge in [0, 0.05) is 12.4 Å². The maximum Gasteiger partial charge on any atom is 0.236 e. The van der Waals surface area contributed by atoms with Gasteiger partial charge in [0.25, 0.3) is 0 Å². The van der Waals surface area contributed by atoms with Crippen molar-refractivity contribution < 1.29 is 12.8 Å². The SMILES string of the molecule is N#CCCN(c1ccccc1F)S(=O)(=O)CCCl. The highest BCUT2D eigenvalue weighted by Gasteiger charge is 2.23. The highest BCUT2D eigenvalue weighted by molar-refractivity contribution is 7.92. The van der Waals surface area contributed by atoms with E-state index < -0.39 is 15.8 Å². The van der Waals surface area contributed by atoms with Gasteiger partial charge in [-0.1, -0.05) is 12.1 Å². The van der Waals surface area contributed by atoms with Crippen molar-refractivity contribution in [3.63, 3.8) is 0 Å². The number of nitrogens with zero attached hydrogens (tertiary/aromatic N) is 2. The monoisotopic (exact) mass is 290 g/mol. The van der Waals surface area contributed by atoms with Crippen LogP contribution in [0, 0.1) is 17.1 Å². The van der Waals surface area contributed by atoms with Crippen LogP contribution in [0.5, 0.6) is 0 Å². The second kappa shape index (κ2) is 6.57. The summed E-state index contributed by atoms with van der Waals surface area (Å²) in [6, 6.07) is 7.37. The molecule has 4 nitrogen and oxygen atoms in total. The maximum atomic E-state index is 13.6. The molecule has 0 radical (unpaired) electrons. The van der Waals surface area contributed by atoms with Gasteiger partial charge in [0.05, 0.1) is 23.9 Å². The average molecular weight is 291 g/mol. The molecule has 0 atom stereocenters. The number of sulfonamides is 1. The molecule has 18 heavy (non-hydrogen) atoms. The topological polar surface area (TPSA) is 61.2 Å². The molecule has 0 spiro atoms. The number of anilines is 1. The summed E-state index contributed by atoms with van der Waals surface area (Å²) in [5, 5.41) is 8.54. The van der Waals surface area contributed by atoms with Crippen molar-refractivity contribution in [1.29, 1.82) is 5.26 Å². The van der Waals surface area contributed by atoms with Gasteiger partial charge in [0.2, 0.25) is 10.0 Å². The molecule has 0 heterocycles. The fraction of sp³-hybridized carbons (Fsp3) is 0.364. The third kappa shape index (κ3) is 3.59. The van der Waals surface area contributed by atoms with E-state index in [1.165, 1.54) is 24.3 Å². The smallest absolute Gasteiger partial charge is 0.236 e. The van der Waals surface area contributed by atoms with Crippen molar-refractivity contribution in [1.82, 2.24) is 0 Å². The molecule has 0 N–H and O–H groups in total. The van der Waals surface area contributed by atoms with Crippen molar-refractivity contribution >= 4 is 27.3 Å². The molecular weight excluding hydrogens is 279 g/mol. The third-order valence-corrected chi connectivity index (χ3v) is 4.40. The third-order valence-electron chi connectivity index (χ3n) is 2.22. The molecule has 7 heteroatoms. The van der Waals surface area contributed by atoms with E-state index in [4.69, 9.17) is 16.9 Å². The quantitative estimate of drug-likeness (QED) is 0.754. The van der Waals surface area contributed by atoms with E-state index in [1.807, 2.05) is 6.07 Å². The first kappa shape index (κ1) is 14.7. The zero-order valence-corrected chi connectivity index (χ0v) is 11.1. The van der Waals surface area contributed by atoms with Gasteiger partial charge in [-0.3, -0.25) is 4.31 Å². The Morgan fingerprint density at radius 1 is 1.39 bits per heavy atom. The standard InChI is InChI=1S/C11H12ClFN2O2S/c12-6-9-18(16,17)15(8-3-7-14)11-5-2-1-4-10(11)13/h1-2,4-5H,3,6,8-9H2. The van der Waals surface area contributed by atoms with Gasteiger partial charge in [-0.2, -0.15) is 5.26 Å². The Labute approximate surface area is 111 Å². The fourth-order valence-electron chi connectivity index (χ4n) is 1.42. The molecular formula is C11H12ClFN2O2S. The van der Waals surface area contributed by atoms with Crippen molar-refractivity contribution in [2.45, 2.75) is 6.42 Å². The van der Waals surface area contributed by atoms with E-state index in [9.17, 15) is 12.8 Å². The van der Waals surface area contributed by atoms with Gasteiger partial charge >= 0.3 is 0 Å². The largest absolute Gasteiger partial charge is 0.266 e. The number of nitriles is 1. The first-order valence-electron chi connectivity index (χ1n) is 5.21. The van der Waals surface area contributed by atoms with E-state index in [-0.39, 0.29) is 30.3 Å². The van der Waals surface area contributed by atoms with Gasteiger partial charge < -0.3 is 0 Å². The molecule has 1 aromatic carbocycles. The lowest BCUT2D eigenvalue weighted by Crippen LogP contribution is -2.35. The number of alkyl halides is 1. The van der Waals surface area contributed by atoms with Crippen LogP contribution >= 0.6 is 11.6 Å². The molecule has 0 unspecified atom stereocenters. The van der Waals surface area contributed by atoms with E-state index in [0.717, 1.165) is 4.31 Å². The molecule has 0 bridgehead atoms. The predicted octanol–water partition coefficient (Wildman–Crippen LogP) is 2.11. The van der Waals surface area contributed by atoms with Crippen LogP contribution in [-0.2, 0) is 10.0 Å². The Kier molecular flexibility index (Phi) is 5.38. The average Bonchev–Trinajstić information content (AvgIpc) is 2.31. The Bertz CT molecular complexity index is 542. The molecule has 0 amide bonds. The predicted molar refractivity (Wildman–Crippen MR) is 68.5 cm³/mol. The first-order valence-corrected chi connectivity index (χ1v) is 7.35. The van der Waals surface area contributed by atoms with E-state index >= 15 is 0 Å². The van der Waals surface area contributed by atoms with E-state index in [2.05, 4.69) is 0 Å². The molecule has 0 saturated carbocycles. The number of hydrogen-bond acceptors (Lipinski definition) is 3. The Morgan fingerprint density at radius 3 is 2.61 bits per heavy atom. The van der Waals surface area contributed by atoms with Crippen LogP contribution in [0.4, 0.5) is 10.1 Å². The summed E-state index contributed by atoms with van der Waals surface area (Å²) in [5.74, 6) is -1.03. The molecule has 98 valence electrons. The van der Waals surface area contributed by atoms with Crippen molar-refractivity contribution in [3.8, 4) is 6.07 Å². The minimum Gasteiger partial charge on any atom is -0.266 e. The summed E-state index contributed by atoms with van der Waals surface area (Å²) in [6.45, 7) is -0.0867. The maximum absolute atomic E-state index is 13.6. The van der Waals surface area contributed by atoms with E-state index in [0.29, 0.717) is 0 Å². The van der Waals surface area contributed by atoms with Gasteiger partial charge in [0.1, 0.15) is 5.82 Å². The van der Waals surface area contributed by atoms with Crippen LogP contribution in [0.3, 0.4) is 0 Å². The number of rotatable bonds is 6. The van der Waals surface area contributed by atoms with Crippen molar-refractivity contribution in [2.24, 2.45) is 0 Å². The minimum atomic E-state index is -3.71. The fourth-order valence-corrected chi connectivity index (χ4v) is 3.24. The first-order chi connectivity index (χ1) is 8.53. The summed E-state index contributed by atoms with van der Waals surface area (Å²) in [6.07, 6.45) is -0.0180.